The molecular formula is C32H39N5O4. The van der Waals surface area contributed by atoms with Crippen LogP contribution in [0.3, 0.4) is 0 Å². The number of unbranched alkanes of at least 4 members (excludes halogenated alkanes) is 2. The minimum atomic E-state index is -0.453. The molecule has 0 saturated carbocycles. The summed E-state index contributed by atoms with van der Waals surface area (Å²) >= 11 is 0. The van der Waals surface area contributed by atoms with Gasteiger partial charge in [-0.15, -0.1) is 13.2 Å². The van der Waals surface area contributed by atoms with E-state index in [4.69, 9.17) is 19.4 Å². The lowest BCUT2D eigenvalue weighted by molar-refractivity contribution is -0.131. The number of carbonyl (C=O) groups is 2. The number of hydrogen-bond acceptors (Lipinski definition) is 6. The van der Waals surface area contributed by atoms with Gasteiger partial charge in [0.05, 0.1) is 42.7 Å². The average Bonchev–Trinajstić information content (AvgIpc) is 3.50. The molecule has 0 unspecified atom stereocenters. The summed E-state index contributed by atoms with van der Waals surface area (Å²) in [5.41, 5.74) is 4.33. The van der Waals surface area contributed by atoms with E-state index in [1.54, 1.807) is 26.2 Å². The molecule has 4 rings (SSSR count). The Hall–Kier alpha value is -4.40. The standard InChI is InChI=1S/C32H39N5O4/c1-8-10-12-16-36(22(4)38)21(3)25-15-14-23-19-27(37(30(23)33-25)17-13-11-9-2)31-34-26-18-24(32(39)41-7)20-28(40-6)29(26)35(31)5/h8-9,14-15,18-21H,1-2,10-13,16-17H2,3-7H3/t21-/m1/s1. The molecule has 0 aliphatic heterocycles. The summed E-state index contributed by atoms with van der Waals surface area (Å²) in [6.07, 6.45) is 7.22. The predicted molar refractivity (Wildman–Crippen MR) is 162 cm³/mol. The number of rotatable bonds is 13. The number of aromatic nitrogens is 4. The van der Waals surface area contributed by atoms with Gasteiger partial charge in [-0.3, -0.25) is 4.79 Å². The molecule has 0 aliphatic rings. The summed E-state index contributed by atoms with van der Waals surface area (Å²) < 4.78 is 14.7. The topological polar surface area (TPSA) is 91.5 Å². The van der Waals surface area contributed by atoms with Gasteiger partial charge in [0, 0.05) is 32.4 Å². The maximum absolute atomic E-state index is 12.5. The predicted octanol–water partition coefficient (Wildman–Crippen LogP) is 6.23. The van der Waals surface area contributed by atoms with Gasteiger partial charge in [-0.2, -0.15) is 0 Å². The van der Waals surface area contributed by atoms with Crippen molar-refractivity contribution in [2.75, 3.05) is 20.8 Å². The zero-order chi connectivity index (χ0) is 29.7. The molecule has 0 bridgehead atoms. The second-order valence-electron chi connectivity index (χ2n) is 10.1. The van der Waals surface area contributed by atoms with E-state index in [1.165, 1.54) is 7.11 Å². The zero-order valence-corrected chi connectivity index (χ0v) is 24.6. The Labute approximate surface area is 241 Å². The summed E-state index contributed by atoms with van der Waals surface area (Å²) in [6.45, 7) is 12.6. The van der Waals surface area contributed by atoms with Gasteiger partial charge in [0.1, 0.15) is 16.9 Å². The number of methoxy groups -OCH3 is 2. The highest BCUT2D eigenvalue weighted by Gasteiger charge is 2.24. The minimum Gasteiger partial charge on any atom is -0.494 e. The van der Waals surface area contributed by atoms with Crippen molar-refractivity contribution >= 4 is 33.9 Å². The third kappa shape index (κ3) is 5.89. The SMILES string of the molecule is C=CCCCN(C(C)=O)[C@H](C)c1ccc2cc(-c3nc4cc(C(=O)OC)cc(OC)c4n3C)n(CCCC=C)c2n1. The minimum absolute atomic E-state index is 0.0190. The molecule has 0 aliphatic carbocycles. The quantitative estimate of drug-likeness (QED) is 0.110. The van der Waals surface area contributed by atoms with Crippen LogP contribution in [0.5, 0.6) is 5.75 Å². The molecule has 0 radical (unpaired) electrons. The maximum Gasteiger partial charge on any atom is 0.338 e. The van der Waals surface area contributed by atoms with E-state index in [9.17, 15) is 9.59 Å². The van der Waals surface area contributed by atoms with Crippen LogP contribution in [0.15, 0.2) is 55.6 Å². The molecule has 3 heterocycles. The van der Waals surface area contributed by atoms with E-state index in [1.807, 2.05) is 41.7 Å². The van der Waals surface area contributed by atoms with Crippen LogP contribution in [0, 0.1) is 0 Å². The Morgan fingerprint density at radius 1 is 1.07 bits per heavy atom. The molecule has 3 aromatic heterocycles. The van der Waals surface area contributed by atoms with Crippen molar-refractivity contribution in [3.05, 3.63) is 66.9 Å². The Bertz CT molecular complexity index is 1600. The normalized spacial score (nSPS) is 11.9. The fourth-order valence-electron chi connectivity index (χ4n) is 5.30. The highest BCUT2D eigenvalue weighted by molar-refractivity contribution is 5.97. The lowest BCUT2D eigenvalue weighted by atomic mass is 10.1. The van der Waals surface area contributed by atoms with E-state index in [2.05, 4.69) is 29.9 Å². The van der Waals surface area contributed by atoms with Gasteiger partial charge in [-0.1, -0.05) is 12.2 Å². The van der Waals surface area contributed by atoms with Crippen LogP contribution in [0.2, 0.25) is 0 Å². The molecule has 41 heavy (non-hydrogen) atoms. The van der Waals surface area contributed by atoms with Crippen LogP contribution in [-0.2, 0) is 23.1 Å². The molecule has 9 heteroatoms. The molecule has 1 aromatic carbocycles. The number of pyridine rings is 1. The van der Waals surface area contributed by atoms with Crippen molar-refractivity contribution in [1.29, 1.82) is 0 Å². The zero-order valence-electron chi connectivity index (χ0n) is 24.6. The first-order valence-corrected chi connectivity index (χ1v) is 13.9. The van der Waals surface area contributed by atoms with Gasteiger partial charge < -0.3 is 23.5 Å². The summed E-state index contributed by atoms with van der Waals surface area (Å²) in [4.78, 5) is 36.7. The number of ether oxygens (including phenoxy) is 2. The fraction of sp³-hybridized carbons (Fsp3) is 0.375. The molecule has 1 amide bonds. The summed E-state index contributed by atoms with van der Waals surface area (Å²) in [5.74, 6) is 0.825. The molecule has 9 nitrogen and oxygen atoms in total. The second-order valence-corrected chi connectivity index (χ2v) is 10.1. The van der Waals surface area contributed by atoms with Gasteiger partial charge in [0.15, 0.2) is 5.82 Å². The molecule has 0 fully saturated rings. The Balaban J connectivity index is 1.86. The number of fused-ring (bicyclic) bond motifs is 2. The number of nitrogens with zero attached hydrogens (tertiary/aromatic N) is 5. The second kappa shape index (κ2) is 12.8. The summed E-state index contributed by atoms with van der Waals surface area (Å²) in [7, 11) is 4.86. The molecule has 1 atom stereocenters. The van der Waals surface area contributed by atoms with Crippen molar-refractivity contribution in [2.24, 2.45) is 7.05 Å². The average molecular weight is 558 g/mol. The van der Waals surface area contributed by atoms with Crippen LogP contribution in [0.1, 0.15) is 61.6 Å². The van der Waals surface area contributed by atoms with E-state index in [0.29, 0.717) is 29.9 Å². The van der Waals surface area contributed by atoms with E-state index < -0.39 is 5.97 Å². The van der Waals surface area contributed by atoms with E-state index in [-0.39, 0.29) is 11.9 Å². The number of hydrogen-bond donors (Lipinski definition) is 0. The third-order valence-corrected chi connectivity index (χ3v) is 7.47. The van der Waals surface area contributed by atoms with Crippen LogP contribution in [0.25, 0.3) is 33.6 Å². The Morgan fingerprint density at radius 2 is 1.80 bits per heavy atom. The third-order valence-electron chi connectivity index (χ3n) is 7.47. The Morgan fingerprint density at radius 3 is 2.46 bits per heavy atom. The number of benzene rings is 1. The number of carbonyl (C=O) groups excluding carboxylic acids is 2. The summed E-state index contributed by atoms with van der Waals surface area (Å²) in [6, 6.07) is 9.35. The van der Waals surface area contributed by atoms with Crippen molar-refractivity contribution in [1.82, 2.24) is 24.0 Å². The maximum atomic E-state index is 12.5. The number of allylic oxidation sites excluding steroid dienone is 2. The van der Waals surface area contributed by atoms with Crippen molar-refractivity contribution in [3.8, 4) is 17.3 Å². The molecule has 0 N–H and O–H groups in total. The van der Waals surface area contributed by atoms with Gasteiger partial charge in [0.25, 0.3) is 0 Å². The molecule has 0 spiro atoms. The first-order chi connectivity index (χ1) is 19.7. The Kier molecular flexibility index (Phi) is 9.27. The van der Waals surface area contributed by atoms with Crippen molar-refractivity contribution < 1.29 is 19.1 Å². The van der Waals surface area contributed by atoms with Gasteiger partial charge in [-0.05, 0) is 62.9 Å². The van der Waals surface area contributed by atoms with Gasteiger partial charge in [-0.25, -0.2) is 14.8 Å². The van der Waals surface area contributed by atoms with Crippen LogP contribution in [-0.4, -0.2) is 56.6 Å². The van der Waals surface area contributed by atoms with Crippen molar-refractivity contribution in [2.45, 2.75) is 52.1 Å². The lowest BCUT2D eigenvalue weighted by Crippen LogP contribution is -2.33. The molecule has 216 valence electrons. The molecule has 4 aromatic rings. The number of esters is 1. The monoisotopic (exact) mass is 557 g/mol. The number of amides is 1. The van der Waals surface area contributed by atoms with Gasteiger partial charge in [0.2, 0.25) is 5.91 Å². The lowest BCUT2D eigenvalue weighted by Gasteiger charge is -2.28. The molecular weight excluding hydrogens is 518 g/mol. The number of imidazole rings is 1. The van der Waals surface area contributed by atoms with Crippen LogP contribution in [0.4, 0.5) is 0 Å². The highest BCUT2D eigenvalue weighted by atomic mass is 16.5. The first-order valence-electron chi connectivity index (χ1n) is 13.9. The molecule has 0 saturated heterocycles. The largest absolute Gasteiger partial charge is 0.494 e. The van der Waals surface area contributed by atoms with Crippen LogP contribution < -0.4 is 4.74 Å². The van der Waals surface area contributed by atoms with Crippen molar-refractivity contribution in [3.63, 3.8) is 0 Å². The number of aryl methyl sites for hydroxylation is 2. The highest BCUT2D eigenvalue weighted by Crippen LogP contribution is 2.35. The first kappa shape index (κ1) is 29.6. The fourth-order valence-corrected chi connectivity index (χ4v) is 5.30. The summed E-state index contributed by atoms with van der Waals surface area (Å²) in [5, 5.41) is 0.977. The smallest absolute Gasteiger partial charge is 0.338 e. The van der Waals surface area contributed by atoms with Crippen LogP contribution >= 0.6 is 0 Å². The van der Waals surface area contributed by atoms with Gasteiger partial charge >= 0.3 is 5.97 Å². The van der Waals surface area contributed by atoms with E-state index >= 15 is 0 Å². The van der Waals surface area contributed by atoms with E-state index in [0.717, 1.165) is 59.4 Å².